The van der Waals surface area contributed by atoms with Crippen LogP contribution in [-0.4, -0.2) is 11.8 Å². The van der Waals surface area contributed by atoms with E-state index in [0.717, 1.165) is 0 Å². The van der Waals surface area contributed by atoms with Gasteiger partial charge in [-0.15, -0.1) is 0 Å². The molecule has 2 atom stereocenters. The molecule has 0 aliphatic heterocycles. The summed E-state index contributed by atoms with van der Waals surface area (Å²) >= 11 is 0. The van der Waals surface area contributed by atoms with Crippen molar-refractivity contribution in [3.05, 3.63) is 35.9 Å². The smallest absolute Gasteiger partial charge is 0.149 e. The van der Waals surface area contributed by atoms with Crippen LogP contribution in [0.3, 0.4) is 0 Å². The maximum Gasteiger partial charge on any atom is 0.149 e. The Morgan fingerprint density at radius 3 is 2.36 bits per heavy atom. The van der Waals surface area contributed by atoms with Crippen molar-refractivity contribution in [2.45, 2.75) is 32.2 Å². The normalized spacial score (nSPS) is 14.8. The molecule has 1 aromatic carbocycles. The topological polar surface area (TPSA) is 43.1 Å². The van der Waals surface area contributed by atoms with Crippen LogP contribution in [-0.2, 0) is 4.79 Å². The molecule has 2 nitrogen and oxygen atoms in total. The summed E-state index contributed by atoms with van der Waals surface area (Å²) < 4.78 is 0. The summed E-state index contributed by atoms with van der Waals surface area (Å²) in [6.45, 7) is 3.79. The van der Waals surface area contributed by atoms with Crippen molar-refractivity contribution < 1.29 is 4.79 Å². The summed E-state index contributed by atoms with van der Waals surface area (Å²) in [4.78, 5) is 11.4. The van der Waals surface area contributed by atoms with Gasteiger partial charge in [-0.2, -0.15) is 0 Å². The molecule has 0 amide bonds. The molecule has 0 heterocycles. The minimum Gasteiger partial charge on any atom is -0.322 e. The molecule has 0 fully saturated rings. The van der Waals surface area contributed by atoms with Crippen LogP contribution in [0.5, 0.6) is 0 Å². The van der Waals surface area contributed by atoms with Gasteiger partial charge in [0.25, 0.3) is 0 Å². The number of rotatable bonds is 4. The lowest BCUT2D eigenvalue weighted by molar-refractivity contribution is -0.120. The lowest BCUT2D eigenvalue weighted by Gasteiger charge is -2.12. The highest BCUT2D eigenvalue weighted by Crippen LogP contribution is 2.18. The Hall–Kier alpha value is -1.15. The van der Waals surface area contributed by atoms with Gasteiger partial charge in [-0.05, 0) is 18.4 Å². The van der Waals surface area contributed by atoms with Crippen molar-refractivity contribution in [1.82, 2.24) is 0 Å². The van der Waals surface area contributed by atoms with Crippen LogP contribution in [0.15, 0.2) is 30.3 Å². The molecule has 0 unspecified atom stereocenters. The molecule has 0 radical (unpaired) electrons. The van der Waals surface area contributed by atoms with E-state index >= 15 is 0 Å². The molecular weight excluding hydrogens is 174 g/mol. The highest BCUT2D eigenvalue weighted by molar-refractivity contribution is 5.84. The second-order valence-electron chi connectivity index (χ2n) is 3.77. The molecule has 0 saturated heterocycles. The van der Waals surface area contributed by atoms with Gasteiger partial charge in [0.05, 0.1) is 6.04 Å². The molecule has 0 aromatic heterocycles. The van der Waals surface area contributed by atoms with Gasteiger partial charge in [-0.3, -0.25) is 4.79 Å². The molecule has 0 bridgehead atoms. The van der Waals surface area contributed by atoms with Crippen molar-refractivity contribution in [1.29, 1.82) is 0 Å². The van der Waals surface area contributed by atoms with Crippen LogP contribution >= 0.6 is 0 Å². The number of carbonyl (C=O) groups excluding carboxylic acids is 1. The fourth-order valence-electron chi connectivity index (χ4n) is 1.39. The molecule has 76 valence electrons. The molecule has 2 heteroatoms. The van der Waals surface area contributed by atoms with Gasteiger partial charge in [0.15, 0.2) is 0 Å². The first-order valence-corrected chi connectivity index (χ1v) is 4.94. The number of nitrogens with two attached hydrogens (primary N) is 1. The number of hydrogen-bond donors (Lipinski definition) is 1. The molecule has 14 heavy (non-hydrogen) atoms. The first-order chi connectivity index (χ1) is 6.61. The number of carbonyl (C=O) groups is 1. The van der Waals surface area contributed by atoms with Crippen LogP contribution < -0.4 is 5.73 Å². The zero-order valence-electron chi connectivity index (χ0n) is 8.73. The summed E-state index contributed by atoms with van der Waals surface area (Å²) in [6, 6.07) is 9.69. The highest BCUT2D eigenvalue weighted by atomic mass is 16.1. The SMILES string of the molecule is C[C@@H](N)C(=O)C[C@H](C)c1ccccc1. The maximum atomic E-state index is 11.4. The fourth-order valence-corrected chi connectivity index (χ4v) is 1.39. The van der Waals surface area contributed by atoms with Crippen LogP contribution in [0.2, 0.25) is 0 Å². The van der Waals surface area contributed by atoms with E-state index in [1.54, 1.807) is 6.92 Å². The van der Waals surface area contributed by atoms with E-state index in [4.69, 9.17) is 5.73 Å². The van der Waals surface area contributed by atoms with Gasteiger partial charge in [0, 0.05) is 6.42 Å². The number of benzene rings is 1. The van der Waals surface area contributed by atoms with Crippen LogP contribution in [0.4, 0.5) is 0 Å². The second-order valence-corrected chi connectivity index (χ2v) is 3.77. The quantitative estimate of drug-likeness (QED) is 0.792. The van der Waals surface area contributed by atoms with Gasteiger partial charge >= 0.3 is 0 Å². The first kappa shape index (κ1) is 10.9. The Kier molecular flexibility index (Phi) is 3.84. The van der Waals surface area contributed by atoms with E-state index in [0.29, 0.717) is 6.42 Å². The largest absolute Gasteiger partial charge is 0.322 e. The van der Waals surface area contributed by atoms with Crippen LogP contribution in [0.1, 0.15) is 31.7 Å². The molecule has 1 aromatic rings. The van der Waals surface area contributed by atoms with Crippen molar-refractivity contribution in [2.24, 2.45) is 5.73 Å². The van der Waals surface area contributed by atoms with Crippen LogP contribution in [0.25, 0.3) is 0 Å². The van der Waals surface area contributed by atoms with Crippen molar-refractivity contribution in [3.8, 4) is 0 Å². The summed E-state index contributed by atoms with van der Waals surface area (Å²) in [5, 5.41) is 0. The van der Waals surface area contributed by atoms with Crippen molar-refractivity contribution >= 4 is 5.78 Å². The molecule has 1 rings (SSSR count). The summed E-state index contributed by atoms with van der Waals surface area (Å²) in [5.74, 6) is 0.385. The van der Waals surface area contributed by atoms with E-state index in [1.807, 2.05) is 30.3 Å². The number of ketones is 1. The molecule has 0 spiro atoms. The van der Waals surface area contributed by atoms with Gasteiger partial charge in [0.2, 0.25) is 0 Å². The van der Waals surface area contributed by atoms with Crippen LogP contribution in [0, 0.1) is 0 Å². The molecular formula is C12H17NO. The van der Waals surface area contributed by atoms with E-state index < -0.39 is 0 Å². The predicted octanol–water partition coefficient (Wildman–Crippen LogP) is 2.10. The Morgan fingerprint density at radius 2 is 1.86 bits per heavy atom. The third-order valence-corrected chi connectivity index (χ3v) is 2.38. The van der Waals surface area contributed by atoms with E-state index in [9.17, 15) is 4.79 Å². The third-order valence-electron chi connectivity index (χ3n) is 2.38. The maximum absolute atomic E-state index is 11.4. The summed E-state index contributed by atoms with van der Waals surface area (Å²) in [6.07, 6.45) is 0.529. The fraction of sp³-hybridized carbons (Fsp3) is 0.417. The second kappa shape index (κ2) is 4.91. The number of Topliss-reactive ketones (excluding diaryl/α,β-unsaturated/α-hetero) is 1. The van der Waals surface area contributed by atoms with Crippen molar-refractivity contribution in [2.75, 3.05) is 0 Å². The van der Waals surface area contributed by atoms with E-state index in [1.165, 1.54) is 5.56 Å². The Balaban J connectivity index is 2.59. The Labute approximate surface area is 85.1 Å². The Bertz CT molecular complexity index is 292. The van der Waals surface area contributed by atoms with Gasteiger partial charge in [-0.25, -0.2) is 0 Å². The average Bonchev–Trinajstić information content (AvgIpc) is 2.19. The first-order valence-electron chi connectivity index (χ1n) is 4.94. The minimum absolute atomic E-state index is 0.126. The molecule has 0 aliphatic rings. The van der Waals surface area contributed by atoms with Crippen molar-refractivity contribution in [3.63, 3.8) is 0 Å². The minimum atomic E-state index is -0.346. The van der Waals surface area contributed by atoms with E-state index in [-0.39, 0.29) is 17.7 Å². The monoisotopic (exact) mass is 191 g/mol. The van der Waals surface area contributed by atoms with Gasteiger partial charge in [0.1, 0.15) is 5.78 Å². The highest BCUT2D eigenvalue weighted by Gasteiger charge is 2.13. The lowest BCUT2D eigenvalue weighted by Crippen LogP contribution is -2.27. The van der Waals surface area contributed by atoms with Gasteiger partial charge in [-0.1, -0.05) is 37.3 Å². The molecule has 0 aliphatic carbocycles. The number of hydrogen-bond acceptors (Lipinski definition) is 2. The third kappa shape index (κ3) is 2.96. The molecule has 0 saturated carbocycles. The zero-order chi connectivity index (χ0) is 10.6. The average molecular weight is 191 g/mol. The van der Waals surface area contributed by atoms with Gasteiger partial charge < -0.3 is 5.73 Å². The lowest BCUT2D eigenvalue weighted by atomic mass is 9.94. The molecule has 2 N–H and O–H groups in total. The zero-order valence-corrected chi connectivity index (χ0v) is 8.73. The standard InChI is InChI=1S/C12H17NO/c1-9(8-12(14)10(2)13)11-6-4-3-5-7-11/h3-7,9-10H,8,13H2,1-2H3/t9-,10+/m0/s1. The summed E-state index contributed by atoms with van der Waals surface area (Å²) in [7, 11) is 0. The Morgan fingerprint density at radius 1 is 1.29 bits per heavy atom. The summed E-state index contributed by atoms with van der Waals surface area (Å²) in [5.41, 5.74) is 6.71. The van der Waals surface area contributed by atoms with E-state index in [2.05, 4.69) is 6.92 Å². The predicted molar refractivity (Wildman–Crippen MR) is 58.1 cm³/mol.